The van der Waals surface area contributed by atoms with Gasteiger partial charge in [-0.05, 0) is 25.8 Å². The molecule has 2 unspecified atom stereocenters. The molecule has 0 aromatic heterocycles. The largest absolute Gasteiger partial charge is 0.379 e. The van der Waals surface area contributed by atoms with Gasteiger partial charge in [0.1, 0.15) is 0 Å². The molecule has 15 heavy (non-hydrogen) atoms. The predicted octanol–water partition coefficient (Wildman–Crippen LogP) is 0.233. The Bertz CT molecular complexity index is 221. The quantitative estimate of drug-likeness (QED) is 0.712. The molecule has 0 spiro atoms. The summed E-state index contributed by atoms with van der Waals surface area (Å²) < 4.78 is 5.31. The van der Waals surface area contributed by atoms with E-state index in [1.165, 1.54) is 0 Å². The molecule has 2 aliphatic rings. The molecule has 2 rings (SSSR count). The molecule has 86 valence electrons. The molecule has 0 radical (unpaired) electrons. The molecular formula is C11H20N2O2. The van der Waals surface area contributed by atoms with E-state index >= 15 is 0 Å². The van der Waals surface area contributed by atoms with E-state index in [1.54, 1.807) is 0 Å². The van der Waals surface area contributed by atoms with E-state index in [2.05, 4.69) is 5.32 Å². The number of hydrogen-bond acceptors (Lipinski definition) is 3. The summed E-state index contributed by atoms with van der Waals surface area (Å²) in [4.78, 5) is 14.0. The standard InChI is InChI=1S/C11H20N2O2/c1-13(10-4-6-15-8-10)11(14)9-3-2-5-12-7-9/h9-10,12H,2-8H2,1H3. The molecule has 2 atom stereocenters. The minimum absolute atomic E-state index is 0.185. The van der Waals surface area contributed by atoms with Gasteiger partial charge in [-0.25, -0.2) is 0 Å². The van der Waals surface area contributed by atoms with Crippen LogP contribution in [-0.4, -0.2) is 50.2 Å². The monoisotopic (exact) mass is 212 g/mol. The summed E-state index contributed by atoms with van der Waals surface area (Å²) in [5, 5.41) is 3.28. The Morgan fingerprint density at radius 2 is 2.33 bits per heavy atom. The number of hydrogen-bond donors (Lipinski definition) is 1. The van der Waals surface area contributed by atoms with Gasteiger partial charge in [-0.2, -0.15) is 0 Å². The Morgan fingerprint density at radius 1 is 1.47 bits per heavy atom. The predicted molar refractivity (Wildman–Crippen MR) is 57.6 cm³/mol. The third kappa shape index (κ3) is 2.49. The second-order valence-electron chi connectivity index (χ2n) is 4.51. The maximum Gasteiger partial charge on any atom is 0.227 e. The first-order chi connectivity index (χ1) is 7.29. The van der Waals surface area contributed by atoms with Crippen LogP contribution in [0.25, 0.3) is 0 Å². The van der Waals surface area contributed by atoms with Gasteiger partial charge in [0.2, 0.25) is 5.91 Å². The first-order valence-electron chi connectivity index (χ1n) is 5.84. The van der Waals surface area contributed by atoms with Crippen molar-refractivity contribution in [3.05, 3.63) is 0 Å². The van der Waals surface area contributed by atoms with Gasteiger partial charge in [-0.15, -0.1) is 0 Å². The summed E-state index contributed by atoms with van der Waals surface area (Å²) in [5.41, 5.74) is 0. The fourth-order valence-electron chi connectivity index (χ4n) is 2.36. The van der Waals surface area contributed by atoms with Gasteiger partial charge in [-0.1, -0.05) is 0 Å². The van der Waals surface area contributed by atoms with Crippen molar-refractivity contribution in [3.8, 4) is 0 Å². The molecule has 0 bridgehead atoms. The Balaban J connectivity index is 1.87. The average molecular weight is 212 g/mol. The molecule has 4 nitrogen and oxygen atoms in total. The van der Waals surface area contributed by atoms with Crippen LogP contribution >= 0.6 is 0 Å². The fraction of sp³-hybridized carbons (Fsp3) is 0.909. The number of likely N-dealkylation sites (N-methyl/N-ethyl adjacent to an activating group) is 1. The molecule has 1 amide bonds. The number of piperidine rings is 1. The van der Waals surface area contributed by atoms with Crippen molar-refractivity contribution in [1.82, 2.24) is 10.2 Å². The van der Waals surface area contributed by atoms with Crippen LogP contribution in [0.4, 0.5) is 0 Å². The van der Waals surface area contributed by atoms with Gasteiger partial charge >= 0.3 is 0 Å². The van der Waals surface area contributed by atoms with Crippen LogP contribution in [0.3, 0.4) is 0 Å². The molecule has 2 fully saturated rings. The van der Waals surface area contributed by atoms with Gasteiger partial charge < -0.3 is 15.0 Å². The normalized spacial score (nSPS) is 31.5. The SMILES string of the molecule is CN(C(=O)C1CCCNC1)C1CCOC1. The Hall–Kier alpha value is -0.610. The van der Waals surface area contributed by atoms with Crippen molar-refractivity contribution in [3.63, 3.8) is 0 Å². The van der Waals surface area contributed by atoms with E-state index in [0.29, 0.717) is 12.6 Å². The maximum atomic E-state index is 12.1. The maximum absolute atomic E-state index is 12.1. The van der Waals surface area contributed by atoms with E-state index in [-0.39, 0.29) is 11.8 Å². The molecular weight excluding hydrogens is 192 g/mol. The minimum atomic E-state index is 0.185. The molecule has 0 aromatic carbocycles. The van der Waals surface area contributed by atoms with E-state index < -0.39 is 0 Å². The summed E-state index contributed by atoms with van der Waals surface area (Å²) >= 11 is 0. The van der Waals surface area contributed by atoms with E-state index in [0.717, 1.165) is 39.0 Å². The number of nitrogens with zero attached hydrogens (tertiary/aromatic N) is 1. The first-order valence-corrected chi connectivity index (χ1v) is 5.84. The lowest BCUT2D eigenvalue weighted by molar-refractivity contribution is -0.136. The lowest BCUT2D eigenvalue weighted by Crippen LogP contribution is -2.45. The number of amides is 1. The van der Waals surface area contributed by atoms with Crippen LogP contribution in [-0.2, 0) is 9.53 Å². The van der Waals surface area contributed by atoms with E-state index in [9.17, 15) is 4.79 Å². The summed E-state index contributed by atoms with van der Waals surface area (Å²) in [7, 11) is 1.91. The Morgan fingerprint density at radius 3 is 2.93 bits per heavy atom. The molecule has 1 N–H and O–H groups in total. The highest BCUT2D eigenvalue weighted by Gasteiger charge is 2.29. The Kier molecular flexibility index (Phi) is 3.59. The van der Waals surface area contributed by atoms with Gasteiger partial charge in [0, 0.05) is 20.2 Å². The van der Waals surface area contributed by atoms with E-state index in [4.69, 9.17) is 4.74 Å². The molecule has 4 heteroatoms. The molecule has 0 aliphatic carbocycles. The van der Waals surface area contributed by atoms with Crippen molar-refractivity contribution in [2.75, 3.05) is 33.4 Å². The zero-order chi connectivity index (χ0) is 10.7. The summed E-state index contributed by atoms with van der Waals surface area (Å²) in [6.07, 6.45) is 3.14. The molecule has 2 aliphatic heterocycles. The summed E-state index contributed by atoms with van der Waals surface area (Å²) in [6, 6.07) is 0.305. The summed E-state index contributed by atoms with van der Waals surface area (Å²) in [6.45, 7) is 3.41. The third-order valence-electron chi connectivity index (χ3n) is 3.45. The highest BCUT2D eigenvalue weighted by Crippen LogP contribution is 2.17. The second-order valence-corrected chi connectivity index (χ2v) is 4.51. The van der Waals surface area contributed by atoms with Gasteiger partial charge in [0.05, 0.1) is 18.6 Å². The molecule has 0 saturated carbocycles. The van der Waals surface area contributed by atoms with Crippen LogP contribution in [0.5, 0.6) is 0 Å². The van der Waals surface area contributed by atoms with Crippen molar-refractivity contribution < 1.29 is 9.53 Å². The van der Waals surface area contributed by atoms with Crippen LogP contribution in [0.2, 0.25) is 0 Å². The lowest BCUT2D eigenvalue weighted by Gasteiger charge is -2.30. The van der Waals surface area contributed by atoms with Crippen molar-refractivity contribution in [2.45, 2.75) is 25.3 Å². The second kappa shape index (κ2) is 4.94. The van der Waals surface area contributed by atoms with Gasteiger partial charge in [-0.3, -0.25) is 4.79 Å². The topological polar surface area (TPSA) is 41.6 Å². The molecule has 2 heterocycles. The fourth-order valence-corrected chi connectivity index (χ4v) is 2.36. The van der Waals surface area contributed by atoms with Gasteiger partial charge in [0.15, 0.2) is 0 Å². The number of carbonyl (C=O) groups excluding carboxylic acids is 1. The Labute approximate surface area is 91.0 Å². The highest BCUT2D eigenvalue weighted by molar-refractivity contribution is 5.79. The first kappa shape index (κ1) is 10.9. The zero-order valence-electron chi connectivity index (χ0n) is 9.37. The third-order valence-corrected chi connectivity index (χ3v) is 3.45. The zero-order valence-corrected chi connectivity index (χ0v) is 9.37. The molecule has 2 saturated heterocycles. The lowest BCUT2D eigenvalue weighted by atomic mass is 9.97. The minimum Gasteiger partial charge on any atom is -0.379 e. The smallest absolute Gasteiger partial charge is 0.227 e. The van der Waals surface area contributed by atoms with Crippen LogP contribution < -0.4 is 5.32 Å². The summed E-state index contributed by atoms with van der Waals surface area (Å²) in [5.74, 6) is 0.474. The van der Waals surface area contributed by atoms with Crippen molar-refractivity contribution in [2.24, 2.45) is 5.92 Å². The van der Waals surface area contributed by atoms with Crippen molar-refractivity contribution in [1.29, 1.82) is 0 Å². The van der Waals surface area contributed by atoms with Crippen LogP contribution in [0.1, 0.15) is 19.3 Å². The van der Waals surface area contributed by atoms with Crippen LogP contribution in [0, 0.1) is 5.92 Å². The van der Waals surface area contributed by atoms with Gasteiger partial charge in [0.25, 0.3) is 0 Å². The number of nitrogens with one attached hydrogen (secondary N) is 1. The van der Waals surface area contributed by atoms with Crippen LogP contribution in [0.15, 0.2) is 0 Å². The molecule has 0 aromatic rings. The average Bonchev–Trinajstić information content (AvgIpc) is 2.82. The number of carbonyl (C=O) groups is 1. The number of ether oxygens (including phenoxy) is 1. The van der Waals surface area contributed by atoms with E-state index in [1.807, 2.05) is 11.9 Å². The highest BCUT2D eigenvalue weighted by atomic mass is 16.5. The van der Waals surface area contributed by atoms with Crippen molar-refractivity contribution >= 4 is 5.91 Å². The number of rotatable bonds is 2.